The van der Waals surface area contributed by atoms with Crippen LogP contribution in [0.5, 0.6) is 0 Å². The van der Waals surface area contributed by atoms with Crippen LogP contribution in [0.2, 0.25) is 0 Å². The summed E-state index contributed by atoms with van der Waals surface area (Å²) in [5.74, 6) is 0.790. The molecule has 1 atom stereocenters. The molecule has 0 aromatic carbocycles. The van der Waals surface area contributed by atoms with Gasteiger partial charge in [-0.25, -0.2) is 14.6 Å². The maximum atomic E-state index is 4.31. The third kappa shape index (κ3) is 2.62. The molecule has 1 unspecified atom stereocenters. The second kappa shape index (κ2) is 4.53. The number of aromatic nitrogens is 4. The average Bonchev–Trinajstić information content (AvgIpc) is 2.71. The lowest BCUT2D eigenvalue weighted by Crippen LogP contribution is -2.01. The Balaban J connectivity index is 2.17. The summed E-state index contributed by atoms with van der Waals surface area (Å²) in [7, 11) is 0. The average molecular weight is 267 g/mol. The number of hydrogen-bond donors (Lipinski definition) is 0. The Morgan fingerprint density at radius 3 is 2.87 bits per heavy atom. The highest BCUT2D eigenvalue weighted by Crippen LogP contribution is 2.10. The van der Waals surface area contributed by atoms with Crippen molar-refractivity contribution in [3.05, 3.63) is 36.5 Å². The van der Waals surface area contributed by atoms with Gasteiger partial charge >= 0.3 is 0 Å². The second-order valence-electron chi connectivity index (χ2n) is 3.35. The molecule has 4 nitrogen and oxygen atoms in total. The first-order valence-electron chi connectivity index (χ1n) is 4.69. The van der Waals surface area contributed by atoms with E-state index in [0.717, 1.165) is 12.2 Å². The molecule has 5 heteroatoms. The van der Waals surface area contributed by atoms with E-state index in [1.165, 1.54) is 11.9 Å². The fraction of sp³-hybridized carbons (Fsp3) is 0.300. The van der Waals surface area contributed by atoms with Crippen LogP contribution in [0, 0.1) is 0 Å². The summed E-state index contributed by atoms with van der Waals surface area (Å²) in [5.41, 5.74) is 1.21. The lowest BCUT2D eigenvalue weighted by Gasteiger charge is -2.04. The molecule has 2 heterocycles. The molecule has 2 rings (SSSR count). The standard InChI is InChI=1S/C10H11BrN4/c1-8(11)4-9-2-3-10(13-5-9)15-7-12-6-14-15/h2-3,5-8H,4H2,1H3. The van der Waals surface area contributed by atoms with E-state index >= 15 is 0 Å². The van der Waals surface area contributed by atoms with E-state index in [1.807, 2.05) is 12.3 Å². The van der Waals surface area contributed by atoms with Gasteiger partial charge in [-0.3, -0.25) is 0 Å². The Labute approximate surface area is 96.5 Å². The van der Waals surface area contributed by atoms with Crippen molar-refractivity contribution in [3.8, 4) is 5.82 Å². The molecule has 0 aliphatic carbocycles. The van der Waals surface area contributed by atoms with Crippen LogP contribution in [0.25, 0.3) is 5.82 Å². The first kappa shape index (κ1) is 10.3. The zero-order valence-corrected chi connectivity index (χ0v) is 9.92. The van der Waals surface area contributed by atoms with Crippen molar-refractivity contribution in [2.75, 3.05) is 0 Å². The van der Waals surface area contributed by atoms with Crippen LogP contribution in [0.3, 0.4) is 0 Å². The zero-order chi connectivity index (χ0) is 10.7. The van der Waals surface area contributed by atoms with Gasteiger partial charge in [0.15, 0.2) is 5.82 Å². The van der Waals surface area contributed by atoms with Crippen LogP contribution >= 0.6 is 15.9 Å². The molecule has 0 saturated heterocycles. The van der Waals surface area contributed by atoms with Crippen LogP contribution in [0.15, 0.2) is 31.0 Å². The van der Waals surface area contributed by atoms with E-state index in [1.54, 1.807) is 11.0 Å². The minimum Gasteiger partial charge on any atom is -0.237 e. The normalized spacial score (nSPS) is 12.7. The lowest BCUT2D eigenvalue weighted by molar-refractivity contribution is 0.838. The summed E-state index contributed by atoms with van der Waals surface area (Å²) in [6.45, 7) is 2.12. The molecule has 0 spiro atoms. The minimum atomic E-state index is 0.469. The van der Waals surface area contributed by atoms with Crippen LogP contribution in [-0.2, 0) is 6.42 Å². The first-order valence-corrected chi connectivity index (χ1v) is 5.61. The molecule has 0 N–H and O–H groups in total. The molecule has 0 aliphatic rings. The van der Waals surface area contributed by atoms with Gasteiger partial charge in [0.25, 0.3) is 0 Å². The molecule has 0 saturated carbocycles. The topological polar surface area (TPSA) is 43.6 Å². The number of hydrogen-bond acceptors (Lipinski definition) is 3. The number of rotatable bonds is 3. The lowest BCUT2D eigenvalue weighted by atomic mass is 10.2. The van der Waals surface area contributed by atoms with Gasteiger partial charge < -0.3 is 0 Å². The van der Waals surface area contributed by atoms with Gasteiger partial charge in [0, 0.05) is 11.0 Å². The van der Waals surface area contributed by atoms with Gasteiger partial charge in [0.2, 0.25) is 0 Å². The number of pyridine rings is 1. The molecule has 2 aromatic rings. The van der Waals surface area contributed by atoms with E-state index in [2.05, 4.69) is 44.0 Å². The molecule has 0 fully saturated rings. The molecule has 78 valence electrons. The van der Waals surface area contributed by atoms with Crippen molar-refractivity contribution >= 4 is 15.9 Å². The van der Waals surface area contributed by atoms with Crippen molar-refractivity contribution in [1.82, 2.24) is 19.7 Å². The van der Waals surface area contributed by atoms with E-state index in [4.69, 9.17) is 0 Å². The van der Waals surface area contributed by atoms with E-state index in [9.17, 15) is 0 Å². The van der Waals surface area contributed by atoms with Crippen LogP contribution in [-0.4, -0.2) is 24.6 Å². The predicted molar refractivity (Wildman–Crippen MR) is 61.2 cm³/mol. The molecule has 2 aromatic heterocycles. The van der Waals surface area contributed by atoms with Gasteiger partial charge in [0.1, 0.15) is 12.7 Å². The maximum Gasteiger partial charge on any atom is 0.155 e. The van der Waals surface area contributed by atoms with Gasteiger partial charge in [0.05, 0.1) is 0 Å². The summed E-state index contributed by atoms with van der Waals surface area (Å²) in [6, 6.07) is 4.00. The van der Waals surface area contributed by atoms with Crippen molar-refractivity contribution < 1.29 is 0 Å². The van der Waals surface area contributed by atoms with Crippen molar-refractivity contribution in [2.45, 2.75) is 18.2 Å². The van der Waals surface area contributed by atoms with Crippen LogP contribution in [0.1, 0.15) is 12.5 Å². The Kier molecular flexibility index (Phi) is 3.11. The predicted octanol–water partition coefficient (Wildman–Crippen LogP) is 1.99. The van der Waals surface area contributed by atoms with Crippen molar-refractivity contribution in [2.24, 2.45) is 0 Å². The van der Waals surface area contributed by atoms with Gasteiger partial charge in [-0.2, -0.15) is 5.10 Å². The first-order chi connectivity index (χ1) is 7.25. The van der Waals surface area contributed by atoms with Crippen LogP contribution in [0.4, 0.5) is 0 Å². The molecule has 0 aliphatic heterocycles. The highest BCUT2D eigenvalue weighted by atomic mass is 79.9. The number of halogens is 1. The smallest absolute Gasteiger partial charge is 0.155 e. The molecular weight excluding hydrogens is 256 g/mol. The Morgan fingerprint density at radius 1 is 1.47 bits per heavy atom. The fourth-order valence-corrected chi connectivity index (χ4v) is 1.70. The molecule has 0 amide bonds. The third-order valence-electron chi connectivity index (χ3n) is 1.98. The quantitative estimate of drug-likeness (QED) is 0.799. The van der Waals surface area contributed by atoms with E-state index in [-0.39, 0.29) is 0 Å². The monoisotopic (exact) mass is 266 g/mol. The summed E-state index contributed by atoms with van der Waals surface area (Å²) in [4.78, 5) is 8.66. The van der Waals surface area contributed by atoms with Crippen LogP contribution < -0.4 is 0 Å². The summed E-state index contributed by atoms with van der Waals surface area (Å²) in [6.07, 6.45) is 5.98. The molecular formula is C10H11BrN4. The SMILES string of the molecule is CC(Br)Cc1ccc(-n2cncn2)nc1. The van der Waals surface area contributed by atoms with Crippen molar-refractivity contribution in [1.29, 1.82) is 0 Å². The highest BCUT2D eigenvalue weighted by molar-refractivity contribution is 9.09. The van der Waals surface area contributed by atoms with Gasteiger partial charge in [-0.05, 0) is 18.1 Å². The van der Waals surface area contributed by atoms with Gasteiger partial charge in [-0.15, -0.1) is 0 Å². The van der Waals surface area contributed by atoms with E-state index in [0.29, 0.717) is 4.83 Å². The summed E-state index contributed by atoms with van der Waals surface area (Å²) < 4.78 is 1.64. The fourth-order valence-electron chi connectivity index (χ4n) is 1.32. The van der Waals surface area contributed by atoms with Gasteiger partial charge in [-0.1, -0.05) is 28.9 Å². The molecule has 0 bridgehead atoms. The maximum absolute atomic E-state index is 4.31. The second-order valence-corrected chi connectivity index (χ2v) is 4.91. The Morgan fingerprint density at radius 2 is 2.33 bits per heavy atom. The zero-order valence-electron chi connectivity index (χ0n) is 8.34. The highest BCUT2D eigenvalue weighted by Gasteiger charge is 2.01. The number of alkyl halides is 1. The molecule has 0 radical (unpaired) electrons. The minimum absolute atomic E-state index is 0.469. The molecule has 15 heavy (non-hydrogen) atoms. The van der Waals surface area contributed by atoms with Crippen molar-refractivity contribution in [3.63, 3.8) is 0 Å². The summed E-state index contributed by atoms with van der Waals surface area (Å²) in [5, 5.41) is 4.01. The number of nitrogens with zero attached hydrogens (tertiary/aromatic N) is 4. The van der Waals surface area contributed by atoms with E-state index < -0.39 is 0 Å². The Bertz CT molecular complexity index is 407. The third-order valence-corrected chi connectivity index (χ3v) is 2.30. The summed E-state index contributed by atoms with van der Waals surface area (Å²) >= 11 is 3.51. The largest absolute Gasteiger partial charge is 0.237 e. The Hall–Kier alpha value is -1.23.